The van der Waals surface area contributed by atoms with Gasteiger partial charge in [0.2, 0.25) is 0 Å². The van der Waals surface area contributed by atoms with Crippen molar-refractivity contribution in [3.63, 3.8) is 0 Å². The fourth-order valence-electron chi connectivity index (χ4n) is 1.09. The number of furan rings is 1. The van der Waals surface area contributed by atoms with Gasteiger partial charge in [0.05, 0.1) is 6.26 Å². The smallest absolute Gasteiger partial charge is 0.311 e. The van der Waals surface area contributed by atoms with Gasteiger partial charge in [0.1, 0.15) is 12.2 Å². The number of carboxylic acid groups (broad SMARTS) is 1. The predicted molar refractivity (Wildman–Crippen MR) is 44.0 cm³/mol. The zero-order valence-electron chi connectivity index (χ0n) is 7.04. The number of aliphatic carboxylic acids is 1. The SMILES string of the molecule is CCCc1coc(CC(=O)O)c1. The highest BCUT2D eigenvalue weighted by molar-refractivity contribution is 5.69. The highest BCUT2D eigenvalue weighted by atomic mass is 16.4. The monoisotopic (exact) mass is 168 g/mol. The molecule has 1 aromatic rings. The number of rotatable bonds is 4. The van der Waals surface area contributed by atoms with Crippen molar-refractivity contribution in [3.05, 3.63) is 23.7 Å². The van der Waals surface area contributed by atoms with Crippen molar-refractivity contribution in [1.82, 2.24) is 0 Å². The van der Waals surface area contributed by atoms with E-state index in [0.29, 0.717) is 5.76 Å². The van der Waals surface area contributed by atoms with Crippen LogP contribution in [0.4, 0.5) is 0 Å². The van der Waals surface area contributed by atoms with Crippen LogP contribution in [0.2, 0.25) is 0 Å². The van der Waals surface area contributed by atoms with Crippen LogP contribution in [0, 0.1) is 0 Å². The normalized spacial score (nSPS) is 10.1. The topological polar surface area (TPSA) is 50.4 Å². The van der Waals surface area contributed by atoms with Gasteiger partial charge < -0.3 is 9.52 Å². The third-order valence-electron chi connectivity index (χ3n) is 1.57. The molecule has 1 aromatic heterocycles. The minimum Gasteiger partial charge on any atom is -0.481 e. The van der Waals surface area contributed by atoms with Crippen LogP contribution in [0.5, 0.6) is 0 Å². The molecule has 0 aliphatic rings. The van der Waals surface area contributed by atoms with Crippen LogP contribution in [-0.4, -0.2) is 11.1 Å². The van der Waals surface area contributed by atoms with Crippen LogP contribution in [0.3, 0.4) is 0 Å². The lowest BCUT2D eigenvalue weighted by molar-refractivity contribution is -0.136. The quantitative estimate of drug-likeness (QED) is 0.746. The lowest BCUT2D eigenvalue weighted by Gasteiger charge is -1.87. The van der Waals surface area contributed by atoms with Crippen molar-refractivity contribution in [2.75, 3.05) is 0 Å². The molecule has 0 unspecified atom stereocenters. The molecule has 0 radical (unpaired) electrons. The van der Waals surface area contributed by atoms with Gasteiger partial charge in [-0.2, -0.15) is 0 Å². The molecular weight excluding hydrogens is 156 g/mol. The van der Waals surface area contributed by atoms with Gasteiger partial charge in [-0.05, 0) is 18.1 Å². The first-order valence-corrected chi connectivity index (χ1v) is 4.00. The zero-order valence-corrected chi connectivity index (χ0v) is 7.04. The average molecular weight is 168 g/mol. The molecule has 1 N–H and O–H groups in total. The van der Waals surface area contributed by atoms with Gasteiger partial charge in [-0.3, -0.25) is 4.79 Å². The van der Waals surface area contributed by atoms with Gasteiger partial charge in [-0.1, -0.05) is 13.3 Å². The third-order valence-corrected chi connectivity index (χ3v) is 1.57. The minimum absolute atomic E-state index is 0.0241. The van der Waals surface area contributed by atoms with Gasteiger partial charge in [0, 0.05) is 0 Å². The third kappa shape index (κ3) is 2.42. The van der Waals surface area contributed by atoms with Crippen LogP contribution in [-0.2, 0) is 17.6 Å². The Balaban J connectivity index is 2.58. The molecule has 12 heavy (non-hydrogen) atoms. The Morgan fingerprint density at radius 2 is 2.42 bits per heavy atom. The van der Waals surface area contributed by atoms with E-state index in [4.69, 9.17) is 9.52 Å². The second-order valence-corrected chi connectivity index (χ2v) is 2.74. The van der Waals surface area contributed by atoms with Crippen molar-refractivity contribution in [2.45, 2.75) is 26.2 Å². The summed E-state index contributed by atoms with van der Waals surface area (Å²) in [5.74, 6) is -0.321. The summed E-state index contributed by atoms with van der Waals surface area (Å²) < 4.78 is 5.05. The van der Waals surface area contributed by atoms with Crippen molar-refractivity contribution >= 4 is 5.97 Å². The Hall–Kier alpha value is -1.25. The summed E-state index contributed by atoms with van der Waals surface area (Å²) in [5, 5.41) is 8.45. The molecule has 0 atom stereocenters. The van der Waals surface area contributed by atoms with Crippen molar-refractivity contribution < 1.29 is 14.3 Å². The van der Waals surface area contributed by atoms with E-state index in [1.165, 1.54) is 0 Å². The Kier molecular flexibility index (Phi) is 2.91. The molecule has 1 rings (SSSR count). The van der Waals surface area contributed by atoms with Crippen LogP contribution in [0.15, 0.2) is 16.7 Å². The molecule has 3 heteroatoms. The van der Waals surface area contributed by atoms with E-state index in [0.717, 1.165) is 18.4 Å². The van der Waals surface area contributed by atoms with Gasteiger partial charge >= 0.3 is 5.97 Å². The van der Waals surface area contributed by atoms with E-state index in [9.17, 15) is 4.79 Å². The number of hydrogen-bond donors (Lipinski definition) is 1. The Labute approximate surface area is 71.0 Å². The molecule has 3 nitrogen and oxygen atoms in total. The summed E-state index contributed by atoms with van der Waals surface area (Å²) in [6.45, 7) is 2.07. The minimum atomic E-state index is -0.854. The summed E-state index contributed by atoms with van der Waals surface area (Å²) in [5.41, 5.74) is 1.08. The maximum Gasteiger partial charge on any atom is 0.311 e. The number of carbonyl (C=O) groups is 1. The average Bonchev–Trinajstić information content (AvgIpc) is 2.36. The first kappa shape index (κ1) is 8.84. The number of hydrogen-bond acceptors (Lipinski definition) is 2. The number of carboxylic acids is 1. The molecule has 0 aliphatic heterocycles. The molecule has 0 saturated carbocycles. The lowest BCUT2D eigenvalue weighted by Crippen LogP contribution is -1.97. The fourth-order valence-corrected chi connectivity index (χ4v) is 1.09. The van der Waals surface area contributed by atoms with E-state index in [1.807, 2.05) is 0 Å². The van der Waals surface area contributed by atoms with E-state index in [2.05, 4.69) is 6.92 Å². The van der Waals surface area contributed by atoms with Crippen LogP contribution >= 0.6 is 0 Å². The van der Waals surface area contributed by atoms with Crippen molar-refractivity contribution in [1.29, 1.82) is 0 Å². The zero-order chi connectivity index (χ0) is 8.97. The van der Waals surface area contributed by atoms with Crippen LogP contribution < -0.4 is 0 Å². The Morgan fingerprint density at radius 3 is 3.00 bits per heavy atom. The molecule has 0 saturated heterocycles. The van der Waals surface area contributed by atoms with Gasteiger partial charge in [-0.15, -0.1) is 0 Å². The lowest BCUT2D eigenvalue weighted by atomic mass is 10.2. The second-order valence-electron chi connectivity index (χ2n) is 2.74. The largest absolute Gasteiger partial charge is 0.481 e. The highest BCUT2D eigenvalue weighted by Gasteiger charge is 2.04. The first-order chi connectivity index (χ1) is 5.72. The van der Waals surface area contributed by atoms with E-state index in [-0.39, 0.29) is 6.42 Å². The molecule has 0 amide bonds. The van der Waals surface area contributed by atoms with Crippen LogP contribution in [0.25, 0.3) is 0 Å². The summed E-state index contributed by atoms with van der Waals surface area (Å²) in [4.78, 5) is 10.3. The Morgan fingerprint density at radius 1 is 1.67 bits per heavy atom. The molecule has 0 bridgehead atoms. The van der Waals surface area contributed by atoms with Crippen molar-refractivity contribution in [2.24, 2.45) is 0 Å². The van der Waals surface area contributed by atoms with Crippen molar-refractivity contribution in [3.8, 4) is 0 Å². The van der Waals surface area contributed by atoms with E-state index in [1.54, 1.807) is 12.3 Å². The van der Waals surface area contributed by atoms with Crippen LogP contribution in [0.1, 0.15) is 24.7 Å². The summed E-state index contributed by atoms with van der Waals surface area (Å²) in [6, 6.07) is 1.80. The van der Waals surface area contributed by atoms with Gasteiger partial charge in [0.25, 0.3) is 0 Å². The molecule has 0 fully saturated rings. The first-order valence-electron chi connectivity index (χ1n) is 4.00. The summed E-state index contributed by atoms with van der Waals surface area (Å²) >= 11 is 0. The maximum atomic E-state index is 10.3. The fraction of sp³-hybridized carbons (Fsp3) is 0.444. The van der Waals surface area contributed by atoms with E-state index < -0.39 is 5.97 Å². The Bertz CT molecular complexity index is 262. The molecule has 0 spiro atoms. The molecule has 0 aliphatic carbocycles. The molecule has 0 aromatic carbocycles. The molecular formula is C9H12O3. The van der Waals surface area contributed by atoms with E-state index >= 15 is 0 Å². The molecule has 1 heterocycles. The number of aryl methyl sites for hydroxylation is 1. The predicted octanol–water partition coefficient (Wildman–Crippen LogP) is 1.86. The second kappa shape index (κ2) is 3.95. The summed E-state index contributed by atoms with van der Waals surface area (Å²) in [6.07, 6.45) is 3.60. The highest BCUT2D eigenvalue weighted by Crippen LogP contribution is 2.10. The maximum absolute atomic E-state index is 10.3. The molecule has 66 valence electrons. The van der Waals surface area contributed by atoms with Gasteiger partial charge in [0.15, 0.2) is 0 Å². The standard InChI is InChI=1S/C9H12O3/c1-2-3-7-4-8(12-6-7)5-9(10)11/h4,6H,2-3,5H2,1H3,(H,10,11). The summed E-state index contributed by atoms with van der Waals surface area (Å²) in [7, 11) is 0. The van der Waals surface area contributed by atoms with Gasteiger partial charge in [-0.25, -0.2) is 0 Å².